The third kappa shape index (κ3) is 8.19. The molecule has 0 aromatic heterocycles. The third-order valence-electron chi connectivity index (χ3n) is 6.74. The summed E-state index contributed by atoms with van der Waals surface area (Å²) >= 11 is 0. The molecule has 2 aromatic carbocycles. The molecule has 6 heteroatoms. The average Bonchev–Trinajstić information content (AvgIpc) is 2.93. The van der Waals surface area contributed by atoms with Crippen molar-refractivity contribution in [1.82, 2.24) is 5.32 Å². The van der Waals surface area contributed by atoms with E-state index in [1.807, 2.05) is 72.5 Å². The number of allylic oxidation sites excluding steroid dienone is 1. The molecule has 1 aliphatic rings. The van der Waals surface area contributed by atoms with E-state index in [2.05, 4.69) is 24.3 Å². The second-order valence-corrected chi connectivity index (χ2v) is 9.60. The van der Waals surface area contributed by atoms with Gasteiger partial charge in [-0.3, -0.25) is 9.69 Å². The van der Waals surface area contributed by atoms with Crippen LogP contribution < -0.4 is 15.0 Å². The first-order valence-corrected chi connectivity index (χ1v) is 13.7. The van der Waals surface area contributed by atoms with Crippen LogP contribution in [0, 0.1) is 0 Å². The Morgan fingerprint density at radius 3 is 2.43 bits per heavy atom. The Hall–Kier alpha value is -3.12. The van der Waals surface area contributed by atoms with E-state index in [9.17, 15) is 4.79 Å². The largest absolute Gasteiger partial charge is 0.497 e. The zero-order valence-corrected chi connectivity index (χ0v) is 22.9. The number of rotatable bonds is 16. The molecular formula is C31H43N3O3. The Balaban J connectivity index is 1.55. The van der Waals surface area contributed by atoms with Gasteiger partial charge in [-0.2, -0.15) is 0 Å². The zero-order chi connectivity index (χ0) is 26.5. The lowest BCUT2D eigenvalue weighted by molar-refractivity contribution is -0.119. The molecule has 2 atom stereocenters. The number of methoxy groups -OCH3 is 1. The molecule has 1 saturated heterocycles. The van der Waals surface area contributed by atoms with Gasteiger partial charge in [-0.05, 0) is 75.1 Å². The van der Waals surface area contributed by atoms with Crippen LogP contribution in [-0.2, 0) is 9.63 Å². The maximum absolute atomic E-state index is 13.2. The topological polar surface area (TPSA) is 63.2 Å². The summed E-state index contributed by atoms with van der Waals surface area (Å²) in [6.45, 7) is 7.94. The summed E-state index contributed by atoms with van der Waals surface area (Å²) < 4.78 is 5.27. The van der Waals surface area contributed by atoms with Crippen molar-refractivity contribution in [3.8, 4) is 5.75 Å². The molecule has 1 amide bonds. The molecule has 0 spiro atoms. The highest BCUT2D eigenvalue weighted by Gasteiger charge is 2.43. The molecule has 0 aliphatic carbocycles. The summed E-state index contributed by atoms with van der Waals surface area (Å²) in [6.07, 6.45) is 10.2. The Morgan fingerprint density at radius 2 is 1.76 bits per heavy atom. The van der Waals surface area contributed by atoms with Gasteiger partial charge in [-0.15, -0.1) is 0 Å². The highest BCUT2D eigenvalue weighted by Crippen LogP contribution is 2.43. The van der Waals surface area contributed by atoms with Crippen molar-refractivity contribution < 1.29 is 14.4 Å². The number of hydrogen-bond donors (Lipinski definition) is 1. The maximum atomic E-state index is 13.2. The lowest BCUT2D eigenvalue weighted by Crippen LogP contribution is -2.49. The smallest absolute Gasteiger partial charge is 0.257 e. The van der Waals surface area contributed by atoms with Gasteiger partial charge in [-0.25, -0.2) is 0 Å². The SMILES string of the molecule is CCCCC(CCCCCON=C(C)C=C1C(=O)N(c2ccc(OC)cc2)C1c1ccccc1)NCC. The van der Waals surface area contributed by atoms with Crippen molar-refractivity contribution in [2.45, 2.75) is 77.8 Å². The van der Waals surface area contributed by atoms with E-state index in [0.29, 0.717) is 23.9 Å². The van der Waals surface area contributed by atoms with Crippen LogP contribution in [0.2, 0.25) is 0 Å². The van der Waals surface area contributed by atoms with Gasteiger partial charge in [0.2, 0.25) is 0 Å². The van der Waals surface area contributed by atoms with Crippen molar-refractivity contribution in [2.24, 2.45) is 5.16 Å². The van der Waals surface area contributed by atoms with Gasteiger partial charge < -0.3 is 14.9 Å². The Morgan fingerprint density at radius 1 is 1.03 bits per heavy atom. The van der Waals surface area contributed by atoms with Crippen LogP contribution in [-0.4, -0.2) is 37.9 Å². The molecule has 1 N–H and O–H groups in total. The molecule has 0 saturated carbocycles. The van der Waals surface area contributed by atoms with E-state index in [0.717, 1.165) is 36.4 Å². The second kappa shape index (κ2) is 15.2. The standard InChI is InChI=1S/C31H43N3O3/c1-5-7-16-26(32-6-2)17-12-9-13-22-37-33-24(3)23-29-30(25-14-10-8-11-15-25)34(31(29)35)27-18-20-28(36-4)21-19-27/h8,10-11,14-15,18-21,23,26,30,32H,5-7,9,12-13,16-17,22H2,1-4H3. The first-order valence-electron chi connectivity index (χ1n) is 13.7. The minimum Gasteiger partial charge on any atom is -0.497 e. The lowest BCUT2D eigenvalue weighted by Gasteiger charge is -2.43. The minimum atomic E-state index is -0.162. The third-order valence-corrected chi connectivity index (χ3v) is 6.74. The van der Waals surface area contributed by atoms with Gasteiger partial charge >= 0.3 is 0 Å². The van der Waals surface area contributed by atoms with Crippen LogP contribution in [0.1, 0.15) is 77.3 Å². The van der Waals surface area contributed by atoms with E-state index < -0.39 is 0 Å². The van der Waals surface area contributed by atoms with E-state index in [-0.39, 0.29) is 11.9 Å². The average molecular weight is 506 g/mol. The predicted molar refractivity (Wildman–Crippen MR) is 152 cm³/mol. The highest BCUT2D eigenvalue weighted by atomic mass is 16.6. The number of ether oxygens (including phenoxy) is 1. The van der Waals surface area contributed by atoms with Gasteiger partial charge in [0, 0.05) is 17.3 Å². The van der Waals surface area contributed by atoms with E-state index in [1.54, 1.807) is 7.11 Å². The molecule has 37 heavy (non-hydrogen) atoms. The number of hydrogen-bond acceptors (Lipinski definition) is 5. The molecule has 200 valence electrons. The quantitative estimate of drug-likeness (QED) is 0.0893. The summed E-state index contributed by atoms with van der Waals surface area (Å²) in [4.78, 5) is 20.6. The zero-order valence-electron chi connectivity index (χ0n) is 22.9. The summed E-state index contributed by atoms with van der Waals surface area (Å²) in [6, 6.07) is 18.1. The van der Waals surface area contributed by atoms with Gasteiger partial charge in [0.15, 0.2) is 0 Å². The number of unbranched alkanes of at least 4 members (excludes halogenated alkanes) is 3. The Labute approximate surface area is 222 Å². The van der Waals surface area contributed by atoms with Crippen molar-refractivity contribution in [3.63, 3.8) is 0 Å². The van der Waals surface area contributed by atoms with Crippen LogP contribution in [0.15, 0.2) is 71.4 Å². The maximum Gasteiger partial charge on any atom is 0.257 e. The molecule has 3 rings (SSSR count). The fourth-order valence-corrected chi connectivity index (χ4v) is 4.78. The highest BCUT2D eigenvalue weighted by molar-refractivity contribution is 6.18. The Kier molecular flexibility index (Phi) is 11.7. The van der Waals surface area contributed by atoms with Crippen molar-refractivity contribution in [1.29, 1.82) is 0 Å². The van der Waals surface area contributed by atoms with E-state index >= 15 is 0 Å². The number of anilines is 1. The number of carbonyl (C=O) groups excluding carboxylic acids is 1. The molecule has 1 fully saturated rings. The predicted octanol–water partition coefficient (Wildman–Crippen LogP) is 6.83. The van der Waals surface area contributed by atoms with E-state index in [1.165, 1.54) is 32.1 Å². The summed E-state index contributed by atoms with van der Waals surface area (Å²) in [5, 5.41) is 7.88. The molecule has 0 bridgehead atoms. The number of nitrogens with zero attached hydrogens (tertiary/aromatic N) is 2. The molecule has 2 aromatic rings. The number of amides is 1. The fourth-order valence-electron chi connectivity index (χ4n) is 4.78. The number of nitrogens with one attached hydrogen (secondary N) is 1. The number of benzene rings is 2. The molecule has 1 heterocycles. The second-order valence-electron chi connectivity index (χ2n) is 9.60. The molecule has 1 aliphatic heterocycles. The summed E-state index contributed by atoms with van der Waals surface area (Å²) in [5.41, 5.74) is 3.32. The fraction of sp³-hybridized carbons (Fsp3) is 0.484. The number of β-lactam (4-membered cyclic amide) rings is 1. The molecule has 2 unspecified atom stereocenters. The van der Waals surface area contributed by atoms with Gasteiger partial charge in [0.25, 0.3) is 5.91 Å². The Bertz CT molecular complexity index is 1020. The van der Waals surface area contributed by atoms with Gasteiger partial charge in [-0.1, -0.05) is 68.6 Å². The molecule has 0 radical (unpaired) electrons. The van der Waals surface area contributed by atoms with Crippen LogP contribution in [0.25, 0.3) is 0 Å². The summed E-state index contributed by atoms with van der Waals surface area (Å²) in [7, 11) is 1.64. The van der Waals surface area contributed by atoms with Gasteiger partial charge in [0.1, 0.15) is 12.4 Å². The van der Waals surface area contributed by atoms with E-state index in [4.69, 9.17) is 9.57 Å². The normalized spacial score (nSPS) is 17.6. The van der Waals surface area contributed by atoms with Crippen LogP contribution in [0.3, 0.4) is 0 Å². The van der Waals surface area contributed by atoms with Crippen molar-refractivity contribution in [3.05, 3.63) is 71.8 Å². The van der Waals surface area contributed by atoms with Crippen molar-refractivity contribution in [2.75, 3.05) is 25.2 Å². The number of oxime groups is 1. The monoisotopic (exact) mass is 505 g/mol. The van der Waals surface area contributed by atoms with Crippen LogP contribution >= 0.6 is 0 Å². The summed E-state index contributed by atoms with van der Waals surface area (Å²) in [5.74, 6) is 0.740. The van der Waals surface area contributed by atoms with Crippen LogP contribution in [0.5, 0.6) is 5.75 Å². The first-order chi connectivity index (χ1) is 18.1. The molecular weight excluding hydrogens is 462 g/mol. The van der Waals surface area contributed by atoms with Gasteiger partial charge in [0.05, 0.1) is 18.9 Å². The first kappa shape index (κ1) is 28.5. The minimum absolute atomic E-state index is 0.0214. The van der Waals surface area contributed by atoms with Crippen LogP contribution in [0.4, 0.5) is 5.69 Å². The number of carbonyl (C=O) groups is 1. The lowest BCUT2D eigenvalue weighted by atomic mass is 9.86. The van der Waals surface area contributed by atoms with Crippen molar-refractivity contribution >= 4 is 17.3 Å². The molecule has 6 nitrogen and oxygen atoms in total.